The lowest BCUT2D eigenvalue weighted by Gasteiger charge is -2.28. The van der Waals surface area contributed by atoms with E-state index in [1.807, 2.05) is 45.6 Å². The van der Waals surface area contributed by atoms with Crippen molar-refractivity contribution < 1.29 is 19.1 Å². The van der Waals surface area contributed by atoms with Crippen molar-refractivity contribution in [2.45, 2.75) is 31.4 Å². The Labute approximate surface area is 224 Å². The third kappa shape index (κ3) is 4.52. The van der Waals surface area contributed by atoms with Gasteiger partial charge in [-0.15, -0.1) is 0 Å². The number of pyridine rings is 1. The van der Waals surface area contributed by atoms with Crippen LogP contribution >= 0.6 is 11.6 Å². The summed E-state index contributed by atoms with van der Waals surface area (Å²) in [5.41, 5.74) is 2.73. The molecular formula is C28H28ClN5O4. The zero-order valence-corrected chi connectivity index (χ0v) is 21.6. The maximum absolute atomic E-state index is 13.4. The fourth-order valence-corrected chi connectivity index (χ4v) is 5.43. The molecule has 1 unspecified atom stereocenters. The van der Waals surface area contributed by atoms with Gasteiger partial charge in [-0.25, -0.2) is 4.98 Å². The van der Waals surface area contributed by atoms with E-state index in [0.717, 1.165) is 24.8 Å². The number of nitrogens with one attached hydrogen (secondary N) is 1. The molecule has 2 fully saturated rings. The van der Waals surface area contributed by atoms with Crippen molar-refractivity contribution in [1.29, 1.82) is 0 Å². The van der Waals surface area contributed by atoms with Crippen LogP contribution in [0.4, 0.5) is 5.95 Å². The molecule has 3 aromatic heterocycles. The van der Waals surface area contributed by atoms with Gasteiger partial charge in [-0.2, -0.15) is 0 Å². The second-order valence-corrected chi connectivity index (χ2v) is 10.1. The number of aromatic nitrogens is 3. The van der Waals surface area contributed by atoms with Crippen LogP contribution in [0.2, 0.25) is 5.02 Å². The summed E-state index contributed by atoms with van der Waals surface area (Å²) in [6.07, 6.45) is 7.65. The average molecular weight is 534 g/mol. The number of anilines is 1. The van der Waals surface area contributed by atoms with Gasteiger partial charge in [0, 0.05) is 36.6 Å². The maximum Gasteiger partial charge on any atom is 0.258 e. The number of carbonyl (C=O) groups is 2. The summed E-state index contributed by atoms with van der Waals surface area (Å²) in [5, 5.41) is 3.44. The number of halogens is 1. The van der Waals surface area contributed by atoms with Crippen LogP contribution in [-0.4, -0.2) is 63.1 Å². The third-order valence-electron chi connectivity index (χ3n) is 7.17. The first-order valence-electron chi connectivity index (χ1n) is 12.8. The van der Waals surface area contributed by atoms with Crippen LogP contribution in [0.1, 0.15) is 35.7 Å². The molecule has 5 heterocycles. The van der Waals surface area contributed by atoms with E-state index in [-0.39, 0.29) is 24.0 Å². The Hall–Kier alpha value is -3.82. The molecule has 2 saturated heterocycles. The van der Waals surface area contributed by atoms with Crippen LogP contribution in [0, 0.1) is 0 Å². The van der Waals surface area contributed by atoms with Crippen molar-refractivity contribution in [2.24, 2.45) is 0 Å². The number of carbonyl (C=O) groups excluding carboxylic acids is 2. The Morgan fingerprint density at radius 2 is 2.05 bits per heavy atom. The maximum atomic E-state index is 13.4. The summed E-state index contributed by atoms with van der Waals surface area (Å²) >= 11 is 6.94. The zero-order valence-electron chi connectivity index (χ0n) is 20.8. The molecule has 38 heavy (non-hydrogen) atoms. The molecule has 0 aliphatic carbocycles. The van der Waals surface area contributed by atoms with E-state index >= 15 is 0 Å². The zero-order chi connectivity index (χ0) is 26.2. The van der Waals surface area contributed by atoms with Crippen molar-refractivity contribution in [1.82, 2.24) is 18.9 Å². The van der Waals surface area contributed by atoms with Gasteiger partial charge >= 0.3 is 0 Å². The summed E-state index contributed by atoms with van der Waals surface area (Å²) in [7, 11) is 0. The van der Waals surface area contributed by atoms with Crippen molar-refractivity contribution in [3.05, 3.63) is 72.0 Å². The highest BCUT2D eigenvalue weighted by Crippen LogP contribution is 2.39. The van der Waals surface area contributed by atoms with Gasteiger partial charge < -0.3 is 23.3 Å². The highest BCUT2D eigenvalue weighted by molar-refractivity contribution is 6.36. The summed E-state index contributed by atoms with van der Waals surface area (Å²) in [5.74, 6) is 0.520. The molecular weight excluding hydrogens is 506 g/mol. The van der Waals surface area contributed by atoms with Crippen molar-refractivity contribution in [3.8, 4) is 5.75 Å². The number of fused-ring (bicyclic) bond motifs is 2. The SMILES string of the molecule is C=CC(=O)N1CCCCC(n2c(NC(=O)c3ccn4cccc4c3)nc3ccc(OC4COC4)c(Cl)c32)C1. The van der Waals surface area contributed by atoms with E-state index in [2.05, 4.69) is 11.9 Å². The molecule has 9 nitrogen and oxygen atoms in total. The number of hydrogen-bond acceptors (Lipinski definition) is 5. The predicted molar refractivity (Wildman–Crippen MR) is 145 cm³/mol. The number of nitrogens with zero attached hydrogens (tertiary/aromatic N) is 4. The van der Waals surface area contributed by atoms with E-state index in [1.165, 1.54) is 6.08 Å². The van der Waals surface area contributed by atoms with E-state index < -0.39 is 0 Å². The highest BCUT2D eigenvalue weighted by atomic mass is 35.5. The second-order valence-electron chi connectivity index (χ2n) is 9.68. The topological polar surface area (TPSA) is 90.1 Å². The Morgan fingerprint density at radius 3 is 2.84 bits per heavy atom. The first kappa shape index (κ1) is 24.5. The number of imidazole rings is 1. The first-order chi connectivity index (χ1) is 18.5. The lowest BCUT2D eigenvalue weighted by Crippen LogP contribution is -2.38. The number of rotatable bonds is 6. The van der Waals surface area contributed by atoms with Gasteiger partial charge in [0.2, 0.25) is 11.9 Å². The molecule has 196 valence electrons. The number of benzene rings is 1. The highest BCUT2D eigenvalue weighted by Gasteiger charge is 2.29. The minimum absolute atomic E-state index is 0.0527. The van der Waals surface area contributed by atoms with Crippen LogP contribution in [0.25, 0.3) is 16.6 Å². The van der Waals surface area contributed by atoms with Crippen LogP contribution < -0.4 is 10.1 Å². The van der Waals surface area contributed by atoms with Gasteiger partial charge in [0.25, 0.3) is 5.91 Å². The largest absolute Gasteiger partial charge is 0.484 e. The van der Waals surface area contributed by atoms with Gasteiger partial charge in [0.05, 0.1) is 30.3 Å². The summed E-state index contributed by atoms with van der Waals surface area (Å²) < 4.78 is 15.2. The van der Waals surface area contributed by atoms with Gasteiger partial charge in [-0.05, 0) is 61.7 Å². The normalized spacial score (nSPS) is 18.2. The van der Waals surface area contributed by atoms with Crippen LogP contribution in [-0.2, 0) is 9.53 Å². The summed E-state index contributed by atoms with van der Waals surface area (Å²) in [6, 6.07) is 11.0. The molecule has 10 heteroatoms. The number of ether oxygens (including phenoxy) is 2. The fourth-order valence-electron chi connectivity index (χ4n) is 5.13. The molecule has 2 aliphatic heterocycles. The number of amides is 2. The minimum atomic E-state index is -0.280. The van der Waals surface area contributed by atoms with Crippen LogP contribution in [0.15, 0.2) is 61.4 Å². The Bertz CT molecular complexity index is 1540. The lowest BCUT2D eigenvalue weighted by atomic mass is 10.1. The first-order valence-corrected chi connectivity index (χ1v) is 13.1. The molecule has 0 radical (unpaired) electrons. The molecule has 2 aliphatic rings. The van der Waals surface area contributed by atoms with Crippen LogP contribution in [0.3, 0.4) is 0 Å². The average Bonchev–Trinajstić information content (AvgIpc) is 3.43. The predicted octanol–water partition coefficient (Wildman–Crippen LogP) is 4.71. The number of likely N-dealkylation sites (tertiary alicyclic amines) is 1. The Balaban J connectivity index is 1.42. The van der Waals surface area contributed by atoms with E-state index in [1.54, 1.807) is 17.0 Å². The smallest absolute Gasteiger partial charge is 0.258 e. The van der Waals surface area contributed by atoms with Gasteiger partial charge in [-0.1, -0.05) is 18.2 Å². The summed E-state index contributed by atoms with van der Waals surface area (Å²) in [4.78, 5) is 32.5. The van der Waals surface area contributed by atoms with Crippen molar-refractivity contribution in [3.63, 3.8) is 0 Å². The van der Waals surface area contributed by atoms with Crippen molar-refractivity contribution >= 4 is 45.9 Å². The molecule has 1 N–H and O–H groups in total. The molecule has 0 saturated carbocycles. The van der Waals surface area contributed by atoms with Crippen LogP contribution in [0.5, 0.6) is 5.75 Å². The van der Waals surface area contributed by atoms with Gasteiger partial charge in [0.15, 0.2) is 0 Å². The Morgan fingerprint density at radius 1 is 1.18 bits per heavy atom. The molecule has 4 aromatic rings. The standard InChI is InChI=1S/C28H28ClN5O4/c1-2-24(35)33-11-4-3-6-20(15-33)34-26-22(8-9-23(25(26)29)38-21-16-37-17-21)30-28(34)31-27(36)18-10-13-32-12-5-7-19(32)14-18/h2,5,7-10,12-14,20-21H,1,3-4,6,11,15-17H2,(H,30,31,36). The molecule has 0 spiro atoms. The molecule has 6 rings (SSSR count). The molecule has 2 amide bonds. The van der Waals surface area contributed by atoms with E-state index in [4.69, 9.17) is 26.1 Å². The molecule has 1 aromatic carbocycles. The fraction of sp³-hybridized carbons (Fsp3) is 0.321. The van der Waals surface area contributed by atoms with E-state index in [9.17, 15) is 9.59 Å². The van der Waals surface area contributed by atoms with Gasteiger partial charge in [0.1, 0.15) is 16.9 Å². The van der Waals surface area contributed by atoms with Gasteiger partial charge in [-0.3, -0.25) is 14.9 Å². The van der Waals surface area contributed by atoms with E-state index in [0.29, 0.717) is 59.6 Å². The summed E-state index contributed by atoms with van der Waals surface area (Å²) in [6.45, 7) is 5.80. The third-order valence-corrected chi connectivity index (χ3v) is 7.54. The molecule has 1 atom stereocenters. The number of hydrogen-bond donors (Lipinski definition) is 1. The minimum Gasteiger partial charge on any atom is -0.484 e. The van der Waals surface area contributed by atoms with Crippen molar-refractivity contribution in [2.75, 3.05) is 31.6 Å². The monoisotopic (exact) mass is 533 g/mol. The lowest BCUT2D eigenvalue weighted by molar-refractivity contribution is -0.126. The molecule has 0 bridgehead atoms. The second kappa shape index (κ2) is 10.2. The quantitative estimate of drug-likeness (QED) is 0.362. The Kier molecular flexibility index (Phi) is 6.55.